The van der Waals surface area contributed by atoms with Gasteiger partial charge in [0.1, 0.15) is 0 Å². The van der Waals surface area contributed by atoms with Crippen LogP contribution in [0.25, 0.3) is 0 Å². The van der Waals surface area contributed by atoms with E-state index < -0.39 is 0 Å². The summed E-state index contributed by atoms with van der Waals surface area (Å²) in [4.78, 5) is 4.30. The molecule has 134 valence electrons. The standard InChI is InChI=1S/C19H20N4O3/c1-4-25-16-9-5-6-10-17(16)26-19-15(8-7-11-20-19)18(22-24)23-14(3)12-13(2)21-23/h5-12,24H,4H2,1-3H3/b22-18-. The highest BCUT2D eigenvalue weighted by Gasteiger charge is 2.19. The van der Waals surface area contributed by atoms with Crippen LogP contribution in [0.5, 0.6) is 17.4 Å². The van der Waals surface area contributed by atoms with Crippen LogP contribution in [0.1, 0.15) is 23.9 Å². The van der Waals surface area contributed by atoms with Crippen LogP contribution >= 0.6 is 0 Å². The van der Waals surface area contributed by atoms with Crippen LogP contribution in [0.3, 0.4) is 0 Å². The minimum Gasteiger partial charge on any atom is -0.490 e. The van der Waals surface area contributed by atoms with Gasteiger partial charge in [0.05, 0.1) is 17.9 Å². The van der Waals surface area contributed by atoms with E-state index in [9.17, 15) is 5.21 Å². The quantitative estimate of drug-likeness (QED) is 0.327. The number of pyridine rings is 1. The zero-order chi connectivity index (χ0) is 18.5. The molecule has 0 aliphatic carbocycles. The average Bonchev–Trinajstić information content (AvgIpc) is 2.97. The van der Waals surface area contributed by atoms with Gasteiger partial charge in [0.25, 0.3) is 0 Å². The van der Waals surface area contributed by atoms with Crippen LogP contribution < -0.4 is 9.47 Å². The molecule has 0 aliphatic rings. The van der Waals surface area contributed by atoms with E-state index in [0.717, 1.165) is 11.4 Å². The summed E-state index contributed by atoms with van der Waals surface area (Å²) in [5.41, 5.74) is 2.16. The molecule has 3 rings (SSSR count). The van der Waals surface area contributed by atoms with Crippen molar-refractivity contribution in [3.8, 4) is 17.4 Å². The molecule has 1 aromatic carbocycles. The lowest BCUT2D eigenvalue weighted by atomic mass is 10.2. The van der Waals surface area contributed by atoms with Crippen molar-refractivity contribution in [1.29, 1.82) is 0 Å². The molecule has 0 radical (unpaired) electrons. The summed E-state index contributed by atoms with van der Waals surface area (Å²) >= 11 is 0. The summed E-state index contributed by atoms with van der Waals surface area (Å²) in [7, 11) is 0. The Kier molecular flexibility index (Phi) is 5.17. The van der Waals surface area contributed by atoms with Gasteiger partial charge in [-0.15, -0.1) is 0 Å². The average molecular weight is 352 g/mol. The van der Waals surface area contributed by atoms with E-state index in [1.807, 2.05) is 45.0 Å². The first kappa shape index (κ1) is 17.5. The molecule has 0 unspecified atom stereocenters. The number of oxime groups is 1. The predicted octanol–water partition coefficient (Wildman–Crippen LogP) is 3.77. The normalized spacial score (nSPS) is 11.4. The summed E-state index contributed by atoms with van der Waals surface area (Å²) in [6.45, 7) is 6.18. The molecule has 0 saturated carbocycles. The van der Waals surface area contributed by atoms with Crippen molar-refractivity contribution in [2.45, 2.75) is 20.8 Å². The smallest absolute Gasteiger partial charge is 0.230 e. The Morgan fingerprint density at radius 2 is 1.92 bits per heavy atom. The van der Waals surface area contributed by atoms with Crippen LogP contribution in [0.2, 0.25) is 0 Å². The molecule has 0 amide bonds. The minimum absolute atomic E-state index is 0.229. The number of benzene rings is 1. The highest BCUT2D eigenvalue weighted by atomic mass is 16.5. The largest absolute Gasteiger partial charge is 0.490 e. The molecule has 2 heterocycles. The van der Waals surface area contributed by atoms with E-state index in [4.69, 9.17) is 9.47 Å². The van der Waals surface area contributed by atoms with Crippen molar-refractivity contribution in [3.63, 3.8) is 0 Å². The van der Waals surface area contributed by atoms with Crippen molar-refractivity contribution in [2.75, 3.05) is 6.61 Å². The van der Waals surface area contributed by atoms with Crippen molar-refractivity contribution >= 4 is 5.84 Å². The number of para-hydroxylation sites is 2. The lowest BCUT2D eigenvalue weighted by Crippen LogP contribution is -2.18. The maximum Gasteiger partial charge on any atom is 0.230 e. The second-order valence-electron chi connectivity index (χ2n) is 5.60. The van der Waals surface area contributed by atoms with Gasteiger partial charge >= 0.3 is 0 Å². The summed E-state index contributed by atoms with van der Waals surface area (Å²) in [6, 6.07) is 12.7. The third kappa shape index (κ3) is 3.51. The van der Waals surface area contributed by atoms with Crippen LogP contribution in [-0.2, 0) is 0 Å². The molecule has 7 nitrogen and oxygen atoms in total. The fourth-order valence-corrected chi connectivity index (χ4v) is 2.61. The fraction of sp³-hybridized carbons (Fsp3) is 0.211. The Balaban J connectivity index is 2.03. The molecule has 7 heteroatoms. The van der Waals surface area contributed by atoms with Crippen LogP contribution in [-0.4, -0.2) is 32.4 Å². The van der Waals surface area contributed by atoms with Crippen molar-refractivity contribution < 1.29 is 14.7 Å². The molecule has 0 atom stereocenters. The summed E-state index contributed by atoms with van der Waals surface area (Å²) < 4.78 is 13.1. The van der Waals surface area contributed by atoms with Gasteiger partial charge in [-0.2, -0.15) is 5.10 Å². The highest BCUT2D eigenvalue weighted by molar-refractivity contribution is 6.01. The lowest BCUT2D eigenvalue weighted by molar-refractivity contribution is 0.314. The van der Waals surface area contributed by atoms with Gasteiger partial charge in [0.2, 0.25) is 11.7 Å². The number of aromatic nitrogens is 3. The number of rotatable bonds is 5. The Hall–Kier alpha value is -3.35. The fourth-order valence-electron chi connectivity index (χ4n) is 2.61. The maximum atomic E-state index is 9.62. The zero-order valence-electron chi connectivity index (χ0n) is 14.9. The summed E-state index contributed by atoms with van der Waals surface area (Å²) in [5.74, 6) is 1.66. The van der Waals surface area contributed by atoms with Crippen LogP contribution in [0.4, 0.5) is 0 Å². The van der Waals surface area contributed by atoms with Gasteiger partial charge in [-0.25, -0.2) is 9.67 Å². The molecule has 2 aromatic heterocycles. The summed E-state index contributed by atoms with van der Waals surface area (Å²) in [6.07, 6.45) is 1.61. The van der Waals surface area contributed by atoms with E-state index in [2.05, 4.69) is 15.2 Å². The van der Waals surface area contributed by atoms with Crippen molar-refractivity contribution in [3.05, 3.63) is 65.6 Å². The van der Waals surface area contributed by atoms with E-state index in [0.29, 0.717) is 29.5 Å². The molecule has 3 aromatic rings. The number of ether oxygens (including phenoxy) is 2. The van der Waals surface area contributed by atoms with Gasteiger partial charge < -0.3 is 14.7 Å². The van der Waals surface area contributed by atoms with Gasteiger partial charge in [0, 0.05) is 11.9 Å². The molecule has 1 N–H and O–H groups in total. The first-order valence-corrected chi connectivity index (χ1v) is 8.24. The van der Waals surface area contributed by atoms with Crippen molar-refractivity contribution in [1.82, 2.24) is 14.8 Å². The Morgan fingerprint density at radius 3 is 2.58 bits per heavy atom. The van der Waals surface area contributed by atoms with Gasteiger partial charge in [-0.1, -0.05) is 17.3 Å². The van der Waals surface area contributed by atoms with Gasteiger partial charge in [0.15, 0.2) is 11.5 Å². The minimum atomic E-state index is 0.229. The van der Waals surface area contributed by atoms with E-state index >= 15 is 0 Å². The van der Waals surface area contributed by atoms with E-state index in [1.165, 1.54) is 0 Å². The molecule has 0 spiro atoms. The van der Waals surface area contributed by atoms with Gasteiger partial charge in [-0.05, 0) is 51.1 Å². The molecule has 0 bridgehead atoms. The second-order valence-corrected chi connectivity index (χ2v) is 5.60. The Bertz CT molecular complexity index is 934. The van der Waals surface area contributed by atoms with Gasteiger partial charge in [-0.3, -0.25) is 0 Å². The number of aryl methyl sites for hydroxylation is 2. The molecular formula is C19H20N4O3. The number of nitrogens with zero attached hydrogens (tertiary/aromatic N) is 4. The SMILES string of the molecule is CCOc1ccccc1Oc1ncccc1/C(=N/O)n1nc(C)cc1C. The topological polar surface area (TPSA) is 81.8 Å². The van der Waals surface area contributed by atoms with E-state index in [1.54, 1.807) is 29.1 Å². The molecular weight excluding hydrogens is 332 g/mol. The second kappa shape index (κ2) is 7.69. The lowest BCUT2D eigenvalue weighted by Gasteiger charge is -2.14. The van der Waals surface area contributed by atoms with Crippen LogP contribution in [0.15, 0.2) is 53.8 Å². The third-order valence-electron chi connectivity index (χ3n) is 3.67. The third-order valence-corrected chi connectivity index (χ3v) is 3.67. The Morgan fingerprint density at radius 1 is 1.15 bits per heavy atom. The molecule has 26 heavy (non-hydrogen) atoms. The molecule has 0 saturated heterocycles. The van der Waals surface area contributed by atoms with Crippen LogP contribution in [0, 0.1) is 13.8 Å². The summed E-state index contributed by atoms with van der Waals surface area (Å²) in [5, 5.41) is 17.4. The Labute approximate surface area is 151 Å². The van der Waals surface area contributed by atoms with E-state index in [-0.39, 0.29) is 5.84 Å². The first-order chi connectivity index (χ1) is 12.6. The highest BCUT2D eigenvalue weighted by Crippen LogP contribution is 2.32. The maximum absolute atomic E-state index is 9.62. The number of hydrogen-bond acceptors (Lipinski definition) is 6. The molecule has 0 fully saturated rings. The van der Waals surface area contributed by atoms with Crippen molar-refractivity contribution in [2.24, 2.45) is 5.16 Å². The molecule has 0 aliphatic heterocycles. The first-order valence-electron chi connectivity index (χ1n) is 8.24. The number of hydrogen-bond donors (Lipinski definition) is 1. The zero-order valence-corrected chi connectivity index (χ0v) is 14.9. The predicted molar refractivity (Wildman–Crippen MR) is 97.3 cm³/mol. The monoisotopic (exact) mass is 352 g/mol.